The van der Waals surface area contributed by atoms with Crippen molar-refractivity contribution in [2.24, 2.45) is 4.99 Å². The molecule has 22 heavy (non-hydrogen) atoms. The lowest BCUT2D eigenvalue weighted by Crippen LogP contribution is -2.49. The zero-order valence-corrected chi connectivity index (χ0v) is 14.3. The highest BCUT2D eigenvalue weighted by Crippen LogP contribution is 2.22. The smallest absolute Gasteiger partial charge is 0.191 e. The van der Waals surface area contributed by atoms with Crippen molar-refractivity contribution in [3.63, 3.8) is 0 Å². The van der Waals surface area contributed by atoms with E-state index in [2.05, 4.69) is 10.6 Å². The SMILES string of the molecule is C1CCC(N=C(NC2CCCCC2)NC2CCCCC2)CC1. The molecule has 0 unspecified atom stereocenters. The summed E-state index contributed by atoms with van der Waals surface area (Å²) in [6.45, 7) is 0. The minimum Gasteiger partial charge on any atom is -0.354 e. The fraction of sp³-hybridized carbons (Fsp3) is 0.947. The topological polar surface area (TPSA) is 36.4 Å². The van der Waals surface area contributed by atoms with Gasteiger partial charge in [0.15, 0.2) is 5.96 Å². The second-order valence-corrected chi connectivity index (χ2v) is 7.73. The van der Waals surface area contributed by atoms with Crippen LogP contribution in [0.2, 0.25) is 0 Å². The Morgan fingerprint density at radius 2 is 0.955 bits per heavy atom. The van der Waals surface area contributed by atoms with Crippen LogP contribution in [0.25, 0.3) is 0 Å². The Hall–Kier alpha value is -0.730. The molecule has 0 atom stereocenters. The van der Waals surface area contributed by atoms with E-state index in [0.29, 0.717) is 18.1 Å². The molecule has 126 valence electrons. The van der Waals surface area contributed by atoms with Gasteiger partial charge in [0.1, 0.15) is 0 Å². The minimum atomic E-state index is 0.566. The van der Waals surface area contributed by atoms with E-state index >= 15 is 0 Å². The average molecular weight is 306 g/mol. The second kappa shape index (κ2) is 8.79. The summed E-state index contributed by atoms with van der Waals surface area (Å²) in [5, 5.41) is 7.58. The lowest BCUT2D eigenvalue weighted by molar-refractivity contribution is 0.383. The van der Waals surface area contributed by atoms with E-state index in [1.807, 2.05) is 0 Å². The first-order valence-electron chi connectivity index (χ1n) is 10.0. The molecule has 2 N–H and O–H groups in total. The van der Waals surface area contributed by atoms with Gasteiger partial charge in [-0.05, 0) is 38.5 Å². The Labute approximate surface area is 136 Å². The van der Waals surface area contributed by atoms with Gasteiger partial charge in [-0.15, -0.1) is 0 Å². The molecule has 0 amide bonds. The minimum absolute atomic E-state index is 0.566. The predicted molar refractivity (Wildman–Crippen MR) is 94.3 cm³/mol. The number of nitrogens with one attached hydrogen (secondary N) is 2. The number of hydrogen-bond acceptors (Lipinski definition) is 1. The first kappa shape index (κ1) is 16.1. The maximum Gasteiger partial charge on any atom is 0.191 e. The number of hydrogen-bond donors (Lipinski definition) is 2. The van der Waals surface area contributed by atoms with Gasteiger partial charge in [-0.25, -0.2) is 4.99 Å². The third-order valence-corrected chi connectivity index (χ3v) is 5.78. The largest absolute Gasteiger partial charge is 0.354 e. The lowest BCUT2D eigenvalue weighted by Gasteiger charge is -2.30. The van der Waals surface area contributed by atoms with Crippen molar-refractivity contribution in [2.45, 2.75) is 114 Å². The molecule has 0 saturated heterocycles. The molecule has 3 aliphatic carbocycles. The van der Waals surface area contributed by atoms with Gasteiger partial charge in [-0.3, -0.25) is 0 Å². The molecule has 0 aliphatic heterocycles. The molecular formula is C19H35N3. The van der Waals surface area contributed by atoms with Gasteiger partial charge in [-0.2, -0.15) is 0 Å². The van der Waals surface area contributed by atoms with E-state index in [1.54, 1.807) is 0 Å². The van der Waals surface area contributed by atoms with Crippen molar-refractivity contribution in [2.75, 3.05) is 0 Å². The maximum absolute atomic E-state index is 5.12. The summed E-state index contributed by atoms with van der Waals surface area (Å²) in [7, 11) is 0. The number of nitrogens with zero attached hydrogens (tertiary/aromatic N) is 1. The van der Waals surface area contributed by atoms with Crippen molar-refractivity contribution < 1.29 is 0 Å². The van der Waals surface area contributed by atoms with Gasteiger partial charge in [0.05, 0.1) is 6.04 Å². The Morgan fingerprint density at radius 3 is 1.41 bits per heavy atom. The van der Waals surface area contributed by atoms with E-state index in [4.69, 9.17) is 4.99 Å². The molecule has 0 radical (unpaired) electrons. The molecule has 0 heterocycles. The Bertz CT molecular complexity index is 313. The van der Waals surface area contributed by atoms with Crippen molar-refractivity contribution in [1.82, 2.24) is 10.6 Å². The summed E-state index contributed by atoms with van der Waals surface area (Å²) >= 11 is 0. The number of aliphatic imine (C=N–C) groups is 1. The Balaban J connectivity index is 1.59. The number of rotatable bonds is 3. The van der Waals surface area contributed by atoms with Crippen LogP contribution in [0.15, 0.2) is 4.99 Å². The summed E-state index contributed by atoms with van der Waals surface area (Å²) in [6.07, 6.45) is 20.4. The third kappa shape index (κ3) is 5.17. The molecule has 0 bridgehead atoms. The monoisotopic (exact) mass is 305 g/mol. The molecule has 3 aliphatic rings. The predicted octanol–water partition coefficient (Wildman–Crippen LogP) is 4.52. The van der Waals surface area contributed by atoms with Crippen LogP contribution in [0.4, 0.5) is 0 Å². The highest BCUT2D eigenvalue weighted by atomic mass is 15.2. The summed E-state index contributed by atoms with van der Waals surface area (Å²) in [5.74, 6) is 1.14. The zero-order chi connectivity index (χ0) is 15.0. The highest BCUT2D eigenvalue weighted by Gasteiger charge is 2.20. The Kier molecular flexibility index (Phi) is 6.45. The molecule has 0 aromatic heterocycles. The summed E-state index contributed by atoms with van der Waals surface area (Å²) in [5.41, 5.74) is 0. The van der Waals surface area contributed by atoms with Gasteiger partial charge in [-0.1, -0.05) is 57.8 Å². The fourth-order valence-corrected chi connectivity index (χ4v) is 4.39. The van der Waals surface area contributed by atoms with E-state index in [9.17, 15) is 0 Å². The third-order valence-electron chi connectivity index (χ3n) is 5.78. The van der Waals surface area contributed by atoms with E-state index in [-0.39, 0.29) is 0 Å². The van der Waals surface area contributed by atoms with Crippen LogP contribution in [0.5, 0.6) is 0 Å². The lowest BCUT2D eigenvalue weighted by atomic mass is 9.94. The quantitative estimate of drug-likeness (QED) is 0.594. The molecular weight excluding hydrogens is 270 g/mol. The van der Waals surface area contributed by atoms with E-state index in [0.717, 1.165) is 5.96 Å². The number of guanidine groups is 1. The van der Waals surface area contributed by atoms with Crippen LogP contribution < -0.4 is 10.6 Å². The molecule has 0 spiro atoms. The van der Waals surface area contributed by atoms with Crippen LogP contribution in [0, 0.1) is 0 Å². The van der Waals surface area contributed by atoms with Gasteiger partial charge in [0, 0.05) is 12.1 Å². The molecule has 3 fully saturated rings. The molecule has 3 saturated carbocycles. The van der Waals surface area contributed by atoms with E-state index < -0.39 is 0 Å². The summed E-state index contributed by atoms with van der Waals surface area (Å²) in [4.78, 5) is 5.12. The molecule has 0 aromatic carbocycles. The molecule has 3 heteroatoms. The fourth-order valence-electron chi connectivity index (χ4n) is 4.39. The van der Waals surface area contributed by atoms with Gasteiger partial charge >= 0.3 is 0 Å². The second-order valence-electron chi connectivity index (χ2n) is 7.73. The van der Waals surface area contributed by atoms with Crippen LogP contribution in [0.1, 0.15) is 96.3 Å². The zero-order valence-electron chi connectivity index (χ0n) is 14.3. The van der Waals surface area contributed by atoms with Crippen molar-refractivity contribution in [3.05, 3.63) is 0 Å². The van der Waals surface area contributed by atoms with Crippen LogP contribution in [-0.2, 0) is 0 Å². The van der Waals surface area contributed by atoms with Gasteiger partial charge in [0.25, 0.3) is 0 Å². The first-order valence-corrected chi connectivity index (χ1v) is 10.0. The van der Waals surface area contributed by atoms with Crippen LogP contribution >= 0.6 is 0 Å². The van der Waals surface area contributed by atoms with Crippen LogP contribution in [0.3, 0.4) is 0 Å². The van der Waals surface area contributed by atoms with Crippen LogP contribution in [-0.4, -0.2) is 24.1 Å². The van der Waals surface area contributed by atoms with Crippen molar-refractivity contribution in [3.8, 4) is 0 Å². The molecule has 3 nitrogen and oxygen atoms in total. The van der Waals surface area contributed by atoms with Gasteiger partial charge < -0.3 is 10.6 Å². The summed E-state index contributed by atoms with van der Waals surface area (Å²) in [6, 6.07) is 1.88. The normalized spacial score (nSPS) is 25.6. The Morgan fingerprint density at radius 1 is 0.545 bits per heavy atom. The summed E-state index contributed by atoms with van der Waals surface area (Å²) < 4.78 is 0. The van der Waals surface area contributed by atoms with Crippen molar-refractivity contribution >= 4 is 5.96 Å². The molecule has 3 rings (SSSR count). The van der Waals surface area contributed by atoms with Gasteiger partial charge in [0.2, 0.25) is 0 Å². The maximum atomic E-state index is 5.12. The van der Waals surface area contributed by atoms with E-state index in [1.165, 1.54) is 96.3 Å². The molecule has 0 aromatic rings. The first-order chi connectivity index (χ1) is 10.9. The average Bonchev–Trinajstić information content (AvgIpc) is 2.57. The standard InChI is InChI=1S/C19H35N3/c1-4-10-16(11-5-1)20-19(21-17-12-6-2-7-13-17)22-18-14-8-3-9-15-18/h16-18H,1-15H2,(H2,20,21,22). The van der Waals surface area contributed by atoms with Crippen molar-refractivity contribution in [1.29, 1.82) is 0 Å². The highest BCUT2D eigenvalue weighted by molar-refractivity contribution is 5.80.